The van der Waals surface area contributed by atoms with Crippen molar-refractivity contribution in [2.75, 3.05) is 13.1 Å². The summed E-state index contributed by atoms with van der Waals surface area (Å²) in [6, 6.07) is 3.53. The van der Waals surface area contributed by atoms with Gasteiger partial charge >= 0.3 is 6.09 Å². The first-order valence-electron chi connectivity index (χ1n) is 6.03. The molecule has 1 aliphatic heterocycles. The Kier molecular flexibility index (Phi) is 2.48. The highest BCUT2D eigenvalue weighted by Gasteiger charge is 2.55. The summed E-state index contributed by atoms with van der Waals surface area (Å²) >= 11 is 0. The van der Waals surface area contributed by atoms with Crippen LogP contribution in [-0.4, -0.2) is 44.5 Å². The van der Waals surface area contributed by atoms with E-state index in [1.807, 2.05) is 0 Å². The van der Waals surface area contributed by atoms with Crippen molar-refractivity contribution in [3.63, 3.8) is 0 Å². The molecule has 0 bridgehead atoms. The lowest BCUT2D eigenvalue weighted by Gasteiger charge is -2.58. The Hall–Kier alpha value is -1.69. The van der Waals surface area contributed by atoms with Crippen LogP contribution in [-0.2, 0) is 0 Å². The molecule has 1 unspecified atom stereocenters. The minimum absolute atomic E-state index is 0.117. The molecular weight excluding hydrogens is 234 g/mol. The second-order valence-electron chi connectivity index (χ2n) is 5.40. The average Bonchev–Trinajstić information content (AvgIpc) is 2.25. The normalized spacial score (nSPS) is 23.3. The zero-order valence-electron chi connectivity index (χ0n) is 9.86. The van der Waals surface area contributed by atoms with Crippen LogP contribution < -0.4 is 0 Å². The van der Waals surface area contributed by atoms with Gasteiger partial charge in [-0.3, -0.25) is 0 Å². The molecule has 2 aliphatic rings. The van der Waals surface area contributed by atoms with Gasteiger partial charge in [-0.15, -0.1) is 0 Å². The molecule has 96 valence electrons. The van der Waals surface area contributed by atoms with Crippen LogP contribution in [0.25, 0.3) is 0 Å². The molecule has 1 saturated carbocycles. The molecule has 0 radical (unpaired) electrons. The summed E-state index contributed by atoms with van der Waals surface area (Å²) in [6.07, 6.45) is 1.89. The number of hydrogen-bond donors (Lipinski definition) is 2. The van der Waals surface area contributed by atoms with Crippen LogP contribution in [0, 0.1) is 11.3 Å². The number of aliphatic hydroxyl groups excluding tert-OH is 1. The Labute approximate surface area is 104 Å². The van der Waals surface area contributed by atoms with Gasteiger partial charge in [0.2, 0.25) is 0 Å². The lowest BCUT2D eigenvalue weighted by atomic mass is 9.56. The zero-order valence-corrected chi connectivity index (χ0v) is 9.86. The molecule has 2 heterocycles. The Balaban J connectivity index is 1.56. The monoisotopic (exact) mass is 249 g/mol. The molecule has 1 aromatic rings. The van der Waals surface area contributed by atoms with Gasteiger partial charge in [-0.25, -0.2) is 4.79 Å². The highest BCUT2D eigenvalue weighted by molar-refractivity contribution is 5.66. The predicted molar refractivity (Wildman–Crippen MR) is 61.7 cm³/mol. The van der Waals surface area contributed by atoms with Gasteiger partial charge in [0.1, 0.15) is 6.10 Å². The molecule has 18 heavy (non-hydrogen) atoms. The standard InChI is InChI=1S/C12H15N3O3/c16-10(9-2-1-3-13-14-9)8-4-12(5-8)6-15(7-12)11(17)18/h1-3,8,10,16H,4-7H2,(H,17,18). The van der Waals surface area contributed by atoms with E-state index in [1.165, 1.54) is 4.90 Å². The van der Waals surface area contributed by atoms with Crippen LogP contribution in [0.3, 0.4) is 0 Å². The fourth-order valence-corrected chi connectivity index (χ4v) is 3.15. The van der Waals surface area contributed by atoms with E-state index in [2.05, 4.69) is 10.2 Å². The van der Waals surface area contributed by atoms with Crippen LogP contribution >= 0.6 is 0 Å². The van der Waals surface area contributed by atoms with E-state index < -0.39 is 12.2 Å². The number of aliphatic hydroxyl groups is 1. The maximum absolute atomic E-state index is 10.7. The topological polar surface area (TPSA) is 86.5 Å². The Bertz CT molecular complexity index is 451. The number of rotatable bonds is 2. The second kappa shape index (κ2) is 3.91. The predicted octanol–water partition coefficient (Wildman–Crippen LogP) is 0.900. The van der Waals surface area contributed by atoms with E-state index in [0.29, 0.717) is 18.8 Å². The maximum atomic E-state index is 10.7. The third-order valence-corrected chi connectivity index (χ3v) is 4.06. The number of hydrogen-bond acceptors (Lipinski definition) is 4. The first kappa shape index (κ1) is 11.4. The van der Waals surface area contributed by atoms with E-state index in [4.69, 9.17) is 5.11 Å². The van der Waals surface area contributed by atoms with Crippen molar-refractivity contribution in [1.29, 1.82) is 0 Å². The van der Waals surface area contributed by atoms with Crippen LogP contribution in [0.4, 0.5) is 4.79 Å². The summed E-state index contributed by atoms with van der Waals surface area (Å²) in [5.74, 6) is 0.178. The van der Waals surface area contributed by atoms with Gasteiger partial charge in [0.15, 0.2) is 0 Å². The summed E-state index contributed by atoms with van der Waals surface area (Å²) in [4.78, 5) is 12.1. The van der Waals surface area contributed by atoms with Crippen LogP contribution in [0.1, 0.15) is 24.6 Å². The summed E-state index contributed by atoms with van der Waals surface area (Å²) < 4.78 is 0. The molecule has 0 aromatic carbocycles. The third kappa shape index (κ3) is 1.73. The first-order chi connectivity index (χ1) is 8.60. The largest absolute Gasteiger partial charge is 0.465 e. The van der Waals surface area contributed by atoms with E-state index >= 15 is 0 Å². The molecule has 1 atom stereocenters. The smallest absolute Gasteiger partial charge is 0.407 e. The molecule has 1 aromatic heterocycles. The van der Waals surface area contributed by atoms with E-state index in [0.717, 1.165) is 12.8 Å². The summed E-state index contributed by atoms with van der Waals surface area (Å²) in [7, 11) is 0. The number of amides is 1. The summed E-state index contributed by atoms with van der Waals surface area (Å²) in [6.45, 7) is 1.21. The summed E-state index contributed by atoms with van der Waals surface area (Å²) in [5.41, 5.74) is 0.721. The van der Waals surface area contributed by atoms with Gasteiger partial charge in [-0.05, 0) is 30.9 Å². The fraction of sp³-hybridized carbons (Fsp3) is 0.583. The Morgan fingerprint density at radius 2 is 2.22 bits per heavy atom. The van der Waals surface area contributed by atoms with Crippen molar-refractivity contribution in [3.8, 4) is 0 Å². The number of carbonyl (C=O) groups is 1. The molecule has 1 saturated heterocycles. The maximum Gasteiger partial charge on any atom is 0.407 e. The highest BCUT2D eigenvalue weighted by atomic mass is 16.4. The Morgan fingerprint density at radius 1 is 1.50 bits per heavy atom. The Morgan fingerprint density at radius 3 is 2.78 bits per heavy atom. The van der Waals surface area contributed by atoms with Gasteiger partial charge in [-0.2, -0.15) is 10.2 Å². The molecule has 1 amide bonds. The molecular formula is C12H15N3O3. The van der Waals surface area contributed by atoms with Crippen molar-refractivity contribution in [2.45, 2.75) is 18.9 Å². The zero-order chi connectivity index (χ0) is 12.8. The van der Waals surface area contributed by atoms with Gasteiger partial charge in [0.05, 0.1) is 5.69 Å². The van der Waals surface area contributed by atoms with E-state index in [1.54, 1.807) is 18.3 Å². The lowest BCUT2D eigenvalue weighted by Crippen LogP contribution is -2.64. The van der Waals surface area contributed by atoms with Gasteiger partial charge in [0.25, 0.3) is 0 Å². The van der Waals surface area contributed by atoms with Gasteiger partial charge < -0.3 is 15.1 Å². The van der Waals surface area contributed by atoms with Crippen LogP contribution in [0.15, 0.2) is 18.3 Å². The number of aromatic nitrogens is 2. The van der Waals surface area contributed by atoms with Crippen molar-refractivity contribution in [1.82, 2.24) is 15.1 Å². The van der Waals surface area contributed by atoms with Crippen molar-refractivity contribution in [2.24, 2.45) is 11.3 Å². The van der Waals surface area contributed by atoms with Gasteiger partial charge in [0, 0.05) is 24.7 Å². The quantitative estimate of drug-likeness (QED) is 0.813. The molecule has 3 rings (SSSR count). The van der Waals surface area contributed by atoms with E-state index in [9.17, 15) is 9.90 Å². The first-order valence-corrected chi connectivity index (χ1v) is 6.03. The lowest BCUT2D eigenvalue weighted by molar-refractivity contribution is -0.115. The minimum atomic E-state index is -0.849. The molecule has 6 heteroatoms. The fourth-order valence-electron chi connectivity index (χ4n) is 3.15. The third-order valence-electron chi connectivity index (χ3n) is 4.06. The van der Waals surface area contributed by atoms with Crippen molar-refractivity contribution < 1.29 is 15.0 Å². The van der Waals surface area contributed by atoms with Gasteiger partial charge in [-0.1, -0.05) is 0 Å². The number of likely N-dealkylation sites (tertiary alicyclic amines) is 1. The van der Waals surface area contributed by atoms with Crippen molar-refractivity contribution >= 4 is 6.09 Å². The van der Waals surface area contributed by atoms with Crippen molar-refractivity contribution in [3.05, 3.63) is 24.0 Å². The number of carboxylic acid groups (broad SMARTS) is 1. The minimum Gasteiger partial charge on any atom is -0.465 e. The average molecular weight is 249 g/mol. The van der Waals surface area contributed by atoms with Crippen LogP contribution in [0.2, 0.25) is 0 Å². The summed E-state index contributed by atoms with van der Waals surface area (Å²) in [5, 5.41) is 26.6. The molecule has 6 nitrogen and oxygen atoms in total. The number of nitrogens with zero attached hydrogens (tertiary/aromatic N) is 3. The molecule has 2 N–H and O–H groups in total. The van der Waals surface area contributed by atoms with Crippen LogP contribution in [0.5, 0.6) is 0 Å². The molecule has 1 spiro atoms. The second-order valence-corrected chi connectivity index (χ2v) is 5.40. The van der Waals surface area contributed by atoms with E-state index in [-0.39, 0.29) is 11.3 Å². The highest BCUT2D eigenvalue weighted by Crippen LogP contribution is 2.55. The molecule has 2 fully saturated rings. The molecule has 1 aliphatic carbocycles. The SMILES string of the molecule is O=C(O)N1CC2(CC(C(O)c3cccnn3)C2)C1.